The van der Waals surface area contributed by atoms with Crippen LogP contribution >= 0.6 is 0 Å². The zero-order valence-electron chi connectivity index (χ0n) is 15.2. The smallest absolute Gasteiger partial charge is 0.303 e. The summed E-state index contributed by atoms with van der Waals surface area (Å²) in [5.41, 5.74) is 3.16. The van der Waals surface area contributed by atoms with Crippen LogP contribution in [0.3, 0.4) is 0 Å². The molecule has 2 saturated heterocycles. The molecule has 6 nitrogen and oxygen atoms in total. The Bertz CT molecular complexity index is 776. The summed E-state index contributed by atoms with van der Waals surface area (Å²) in [6.45, 7) is 4.86. The van der Waals surface area contributed by atoms with E-state index in [4.69, 9.17) is 14.8 Å². The third-order valence-corrected chi connectivity index (χ3v) is 5.51. The maximum atomic E-state index is 10.9. The molecule has 26 heavy (non-hydrogen) atoms. The highest BCUT2D eigenvalue weighted by atomic mass is 16.5. The van der Waals surface area contributed by atoms with Crippen molar-refractivity contribution in [3.8, 4) is 0 Å². The molecule has 0 amide bonds. The maximum Gasteiger partial charge on any atom is 0.303 e. The van der Waals surface area contributed by atoms with Crippen molar-refractivity contribution in [3.05, 3.63) is 29.6 Å². The molecule has 1 aromatic heterocycles. The molecular weight excluding hydrogens is 330 g/mol. The topological polar surface area (TPSA) is 67.6 Å². The lowest BCUT2D eigenvalue weighted by Crippen LogP contribution is -2.34. The molecule has 1 unspecified atom stereocenters. The Kier molecular flexibility index (Phi) is 5.22. The van der Waals surface area contributed by atoms with Gasteiger partial charge in [-0.2, -0.15) is 0 Å². The summed E-state index contributed by atoms with van der Waals surface area (Å²) in [6.07, 6.45) is 5.95. The van der Waals surface area contributed by atoms with E-state index in [1.165, 1.54) is 19.3 Å². The van der Waals surface area contributed by atoms with Crippen LogP contribution in [-0.2, 0) is 29.0 Å². The first kappa shape index (κ1) is 17.5. The lowest BCUT2D eigenvalue weighted by atomic mass is 10.1. The minimum atomic E-state index is -0.757. The first-order valence-electron chi connectivity index (χ1n) is 9.73. The van der Waals surface area contributed by atoms with Crippen LogP contribution in [0.15, 0.2) is 18.2 Å². The summed E-state index contributed by atoms with van der Waals surface area (Å²) in [4.78, 5) is 18.3. The van der Waals surface area contributed by atoms with Crippen molar-refractivity contribution in [3.63, 3.8) is 0 Å². The summed E-state index contributed by atoms with van der Waals surface area (Å²) in [5, 5.41) is 8.95. The molecule has 2 aliphatic heterocycles. The van der Waals surface area contributed by atoms with Gasteiger partial charge < -0.3 is 14.4 Å². The van der Waals surface area contributed by atoms with E-state index in [1.54, 1.807) is 0 Å². The van der Waals surface area contributed by atoms with Crippen molar-refractivity contribution >= 4 is 17.0 Å². The lowest BCUT2D eigenvalue weighted by molar-refractivity contribution is -0.136. The highest BCUT2D eigenvalue weighted by molar-refractivity contribution is 5.77. The van der Waals surface area contributed by atoms with Gasteiger partial charge in [0, 0.05) is 13.0 Å². The average Bonchev–Trinajstić information content (AvgIpc) is 2.93. The molecule has 140 valence electrons. The van der Waals surface area contributed by atoms with E-state index in [1.807, 2.05) is 12.1 Å². The zero-order chi connectivity index (χ0) is 17.9. The number of benzene rings is 1. The molecule has 0 saturated carbocycles. The van der Waals surface area contributed by atoms with Crippen LogP contribution in [0.25, 0.3) is 11.0 Å². The molecule has 0 radical (unpaired) electrons. The average molecular weight is 357 g/mol. The van der Waals surface area contributed by atoms with Crippen molar-refractivity contribution in [1.29, 1.82) is 0 Å². The fourth-order valence-corrected chi connectivity index (χ4v) is 3.90. The van der Waals surface area contributed by atoms with Crippen molar-refractivity contribution in [2.45, 2.75) is 57.7 Å². The fraction of sp³-hybridized carbons (Fsp3) is 0.600. The molecule has 3 heterocycles. The molecule has 0 bridgehead atoms. The minimum Gasteiger partial charge on any atom is -0.481 e. The minimum absolute atomic E-state index is 0.159. The third-order valence-electron chi connectivity index (χ3n) is 5.51. The van der Waals surface area contributed by atoms with Crippen LogP contribution in [-0.4, -0.2) is 51.3 Å². The van der Waals surface area contributed by atoms with Crippen LogP contribution in [0, 0.1) is 0 Å². The van der Waals surface area contributed by atoms with E-state index < -0.39 is 5.97 Å². The first-order chi connectivity index (χ1) is 12.7. The van der Waals surface area contributed by atoms with Gasteiger partial charge in [-0.05, 0) is 56.5 Å². The molecule has 2 aromatic rings. The molecule has 0 aliphatic carbocycles. The van der Waals surface area contributed by atoms with Crippen LogP contribution in [0.1, 0.15) is 43.5 Å². The number of rotatable bonds is 7. The Balaban J connectivity index is 1.62. The molecule has 1 atom stereocenters. The number of piperidine rings is 1. The number of hydrogen-bond donors (Lipinski definition) is 1. The number of carboxylic acids is 1. The Labute approximate surface area is 153 Å². The van der Waals surface area contributed by atoms with E-state index in [-0.39, 0.29) is 12.5 Å². The number of ether oxygens (including phenoxy) is 1. The van der Waals surface area contributed by atoms with Gasteiger partial charge in [0.05, 0.1) is 30.2 Å². The van der Waals surface area contributed by atoms with E-state index >= 15 is 0 Å². The largest absolute Gasteiger partial charge is 0.481 e. The summed E-state index contributed by atoms with van der Waals surface area (Å²) in [7, 11) is 0. The summed E-state index contributed by atoms with van der Waals surface area (Å²) >= 11 is 0. The van der Waals surface area contributed by atoms with Gasteiger partial charge in [0.15, 0.2) is 0 Å². The quantitative estimate of drug-likeness (QED) is 0.825. The zero-order valence-corrected chi connectivity index (χ0v) is 15.2. The number of aliphatic carboxylic acids is 1. The van der Waals surface area contributed by atoms with Gasteiger partial charge >= 0.3 is 5.97 Å². The maximum absolute atomic E-state index is 10.9. The van der Waals surface area contributed by atoms with Gasteiger partial charge in [0.25, 0.3) is 0 Å². The molecule has 2 aliphatic rings. The predicted octanol–water partition coefficient (Wildman–Crippen LogP) is 2.83. The number of carbonyl (C=O) groups is 1. The van der Waals surface area contributed by atoms with E-state index in [0.717, 1.165) is 61.6 Å². The predicted molar refractivity (Wildman–Crippen MR) is 99.2 cm³/mol. The second kappa shape index (κ2) is 7.76. The SMILES string of the molecule is O=C(O)CCc1ccc2nc(CN3CCCCC3)n(CC3CCO3)c2c1. The van der Waals surface area contributed by atoms with Gasteiger partial charge in [0.1, 0.15) is 5.82 Å². The van der Waals surface area contributed by atoms with Crippen LogP contribution in [0.5, 0.6) is 0 Å². The number of aromatic nitrogens is 2. The van der Waals surface area contributed by atoms with Crippen molar-refractivity contribution in [2.75, 3.05) is 19.7 Å². The van der Waals surface area contributed by atoms with Crippen LogP contribution < -0.4 is 0 Å². The van der Waals surface area contributed by atoms with E-state index in [0.29, 0.717) is 6.42 Å². The van der Waals surface area contributed by atoms with E-state index in [2.05, 4.69) is 15.5 Å². The second-order valence-electron chi connectivity index (χ2n) is 7.47. The number of fused-ring (bicyclic) bond motifs is 1. The number of imidazole rings is 1. The number of carboxylic acid groups (broad SMARTS) is 1. The normalized spacial score (nSPS) is 21.0. The van der Waals surface area contributed by atoms with Crippen molar-refractivity contribution < 1.29 is 14.6 Å². The van der Waals surface area contributed by atoms with Gasteiger partial charge in [-0.1, -0.05) is 12.5 Å². The van der Waals surface area contributed by atoms with E-state index in [9.17, 15) is 4.79 Å². The Morgan fingerprint density at radius 1 is 1.27 bits per heavy atom. The van der Waals surface area contributed by atoms with Crippen LogP contribution in [0.4, 0.5) is 0 Å². The first-order valence-corrected chi connectivity index (χ1v) is 9.73. The molecule has 4 rings (SSSR count). The van der Waals surface area contributed by atoms with Crippen LogP contribution in [0.2, 0.25) is 0 Å². The molecule has 1 N–H and O–H groups in total. The summed E-state index contributed by atoms with van der Waals surface area (Å²) in [5.74, 6) is 0.347. The Morgan fingerprint density at radius 2 is 2.08 bits per heavy atom. The summed E-state index contributed by atoms with van der Waals surface area (Å²) in [6, 6.07) is 6.15. The number of hydrogen-bond acceptors (Lipinski definition) is 4. The van der Waals surface area contributed by atoms with Gasteiger partial charge in [-0.3, -0.25) is 9.69 Å². The van der Waals surface area contributed by atoms with Gasteiger partial charge in [0.2, 0.25) is 0 Å². The highest BCUT2D eigenvalue weighted by Gasteiger charge is 2.23. The monoisotopic (exact) mass is 357 g/mol. The number of likely N-dealkylation sites (tertiary alicyclic amines) is 1. The Morgan fingerprint density at radius 3 is 2.77 bits per heavy atom. The molecule has 0 spiro atoms. The second-order valence-corrected chi connectivity index (χ2v) is 7.47. The Hall–Kier alpha value is -1.92. The van der Waals surface area contributed by atoms with Crippen molar-refractivity contribution in [1.82, 2.24) is 14.5 Å². The standard InChI is InChI=1S/C20H27N3O3/c24-20(25)7-5-15-4-6-17-18(12-15)23(13-16-8-11-26-16)19(21-17)14-22-9-2-1-3-10-22/h4,6,12,16H,1-3,5,7-11,13-14H2,(H,24,25). The molecular formula is C20H27N3O3. The molecule has 1 aromatic carbocycles. The van der Waals surface area contributed by atoms with Crippen molar-refractivity contribution in [2.24, 2.45) is 0 Å². The lowest BCUT2D eigenvalue weighted by Gasteiger charge is -2.29. The molecule has 2 fully saturated rings. The molecule has 6 heteroatoms. The third kappa shape index (κ3) is 3.91. The summed E-state index contributed by atoms with van der Waals surface area (Å²) < 4.78 is 7.97. The van der Waals surface area contributed by atoms with Gasteiger partial charge in [-0.15, -0.1) is 0 Å². The van der Waals surface area contributed by atoms with Gasteiger partial charge in [-0.25, -0.2) is 4.98 Å². The fourth-order valence-electron chi connectivity index (χ4n) is 3.90. The number of nitrogens with zero attached hydrogens (tertiary/aromatic N) is 3. The highest BCUT2D eigenvalue weighted by Crippen LogP contribution is 2.24. The number of aryl methyl sites for hydroxylation is 1.